The molecule has 0 radical (unpaired) electrons. The zero-order valence-electron chi connectivity index (χ0n) is 10.5. The summed E-state index contributed by atoms with van der Waals surface area (Å²) in [5.41, 5.74) is 2.75. The summed E-state index contributed by atoms with van der Waals surface area (Å²) in [6.45, 7) is 2.13. The largest absolute Gasteiger partial charge is 0.331 e. The third kappa shape index (κ3) is 1.77. The zero-order chi connectivity index (χ0) is 12.5. The van der Waals surface area contributed by atoms with Gasteiger partial charge in [0.15, 0.2) is 0 Å². The van der Waals surface area contributed by atoms with Crippen molar-refractivity contribution in [3.8, 4) is 6.07 Å². The van der Waals surface area contributed by atoms with Crippen LogP contribution in [0.15, 0.2) is 18.2 Å². The molecule has 0 aliphatic carbocycles. The molecule has 0 atom stereocenters. The van der Waals surface area contributed by atoms with E-state index in [1.165, 1.54) is 0 Å². The van der Waals surface area contributed by atoms with Gasteiger partial charge in [0, 0.05) is 13.0 Å². The van der Waals surface area contributed by atoms with E-state index >= 15 is 0 Å². The summed E-state index contributed by atoms with van der Waals surface area (Å²) in [4.78, 5) is 4.74. The lowest BCUT2D eigenvalue weighted by molar-refractivity contribution is 0.438. The molecule has 0 saturated carbocycles. The van der Waals surface area contributed by atoms with E-state index < -0.39 is 0 Å². The van der Waals surface area contributed by atoms with Gasteiger partial charge in [0.2, 0.25) is 0 Å². The first-order chi connectivity index (χ1) is 8.79. The van der Waals surface area contributed by atoms with E-state index in [1.807, 2.05) is 25.2 Å². The maximum Gasteiger partial charge on any atom is 0.112 e. The minimum Gasteiger partial charge on any atom is -0.331 e. The molecule has 2 aromatic rings. The highest BCUT2D eigenvalue weighted by atomic mass is 15.1. The van der Waals surface area contributed by atoms with Crippen LogP contribution in [0.2, 0.25) is 0 Å². The van der Waals surface area contributed by atoms with Crippen LogP contribution in [-0.2, 0) is 7.05 Å². The molecule has 4 nitrogen and oxygen atoms in total. The highest BCUT2D eigenvalue weighted by Crippen LogP contribution is 2.27. The fourth-order valence-corrected chi connectivity index (χ4v) is 2.72. The van der Waals surface area contributed by atoms with Crippen molar-refractivity contribution in [2.45, 2.75) is 18.8 Å². The lowest BCUT2D eigenvalue weighted by Gasteiger charge is -2.22. The predicted molar refractivity (Wildman–Crippen MR) is 70.3 cm³/mol. The molecule has 18 heavy (non-hydrogen) atoms. The van der Waals surface area contributed by atoms with Gasteiger partial charge in [-0.15, -0.1) is 0 Å². The van der Waals surface area contributed by atoms with Crippen LogP contribution in [0.1, 0.15) is 30.1 Å². The summed E-state index contributed by atoms with van der Waals surface area (Å²) in [6, 6.07) is 7.89. The van der Waals surface area contributed by atoms with E-state index in [-0.39, 0.29) is 0 Å². The van der Waals surface area contributed by atoms with E-state index in [0.717, 1.165) is 42.8 Å². The molecule has 0 spiro atoms. The third-order valence-corrected chi connectivity index (χ3v) is 3.75. The number of benzene rings is 1. The van der Waals surface area contributed by atoms with Gasteiger partial charge >= 0.3 is 0 Å². The topological polar surface area (TPSA) is 53.6 Å². The highest BCUT2D eigenvalue weighted by Gasteiger charge is 2.20. The van der Waals surface area contributed by atoms with Gasteiger partial charge in [0.25, 0.3) is 0 Å². The molecular weight excluding hydrogens is 224 g/mol. The Morgan fingerprint density at radius 1 is 1.39 bits per heavy atom. The number of aryl methyl sites for hydroxylation is 1. The summed E-state index contributed by atoms with van der Waals surface area (Å²) >= 11 is 0. The number of hydrogen-bond donors (Lipinski definition) is 1. The Kier molecular flexibility index (Phi) is 2.77. The van der Waals surface area contributed by atoms with E-state index in [4.69, 9.17) is 10.2 Å². The summed E-state index contributed by atoms with van der Waals surface area (Å²) in [5.74, 6) is 1.69. The second-order valence-corrected chi connectivity index (χ2v) is 4.87. The molecule has 0 amide bonds. The van der Waals surface area contributed by atoms with Crippen LogP contribution in [0.3, 0.4) is 0 Å². The van der Waals surface area contributed by atoms with E-state index in [2.05, 4.69) is 16.0 Å². The smallest absolute Gasteiger partial charge is 0.112 e. The molecule has 0 unspecified atom stereocenters. The van der Waals surface area contributed by atoms with Crippen LogP contribution in [-0.4, -0.2) is 22.6 Å². The summed E-state index contributed by atoms with van der Waals surface area (Å²) in [6.07, 6.45) is 2.28. The SMILES string of the molecule is Cn1c(C2CCNCC2)nc2ccc(C#N)cc21. The number of fused-ring (bicyclic) bond motifs is 1. The number of rotatable bonds is 1. The fourth-order valence-electron chi connectivity index (χ4n) is 2.72. The first-order valence-corrected chi connectivity index (χ1v) is 6.37. The van der Waals surface area contributed by atoms with Crippen LogP contribution in [0.4, 0.5) is 0 Å². The van der Waals surface area contributed by atoms with Gasteiger partial charge in [-0.1, -0.05) is 0 Å². The van der Waals surface area contributed by atoms with Crippen molar-refractivity contribution in [2.75, 3.05) is 13.1 Å². The fraction of sp³-hybridized carbons (Fsp3) is 0.429. The lowest BCUT2D eigenvalue weighted by Crippen LogP contribution is -2.27. The number of piperidine rings is 1. The molecule has 1 aliphatic heterocycles. The number of hydrogen-bond acceptors (Lipinski definition) is 3. The Morgan fingerprint density at radius 2 is 2.17 bits per heavy atom. The predicted octanol–water partition coefficient (Wildman–Crippen LogP) is 1.91. The van der Waals surface area contributed by atoms with Crippen LogP contribution < -0.4 is 5.32 Å². The third-order valence-electron chi connectivity index (χ3n) is 3.75. The number of nitrogens with zero attached hydrogens (tertiary/aromatic N) is 3. The van der Waals surface area contributed by atoms with E-state index in [0.29, 0.717) is 11.5 Å². The Labute approximate surface area is 106 Å². The number of imidazole rings is 1. The van der Waals surface area contributed by atoms with Crippen LogP contribution >= 0.6 is 0 Å². The van der Waals surface area contributed by atoms with Gasteiger partial charge in [-0.3, -0.25) is 0 Å². The molecule has 92 valence electrons. The summed E-state index contributed by atoms with van der Waals surface area (Å²) in [5, 5.41) is 12.3. The highest BCUT2D eigenvalue weighted by molar-refractivity contribution is 5.77. The normalized spacial score (nSPS) is 16.9. The van der Waals surface area contributed by atoms with E-state index in [1.54, 1.807) is 0 Å². The molecule has 3 rings (SSSR count). The van der Waals surface area contributed by atoms with Gasteiger partial charge < -0.3 is 9.88 Å². The second-order valence-electron chi connectivity index (χ2n) is 4.87. The van der Waals surface area contributed by atoms with Crippen LogP contribution in [0, 0.1) is 11.3 Å². The van der Waals surface area contributed by atoms with Gasteiger partial charge in [-0.25, -0.2) is 4.98 Å². The molecular formula is C14H16N4. The number of nitrogens with one attached hydrogen (secondary N) is 1. The molecule has 1 saturated heterocycles. The maximum atomic E-state index is 8.96. The molecule has 1 aromatic carbocycles. The maximum absolute atomic E-state index is 8.96. The molecule has 1 aromatic heterocycles. The number of nitriles is 1. The first-order valence-electron chi connectivity index (χ1n) is 6.37. The quantitative estimate of drug-likeness (QED) is 0.828. The van der Waals surface area contributed by atoms with Crippen molar-refractivity contribution >= 4 is 11.0 Å². The zero-order valence-corrected chi connectivity index (χ0v) is 10.5. The van der Waals surface area contributed by atoms with Crippen molar-refractivity contribution in [2.24, 2.45) is 7.05 Å². The van der Waals surface area contributed by atoms with Crippen molar-refractivity contribution in [3.05, 3.63) is 29.6 Å². The van der Waals surface area contributed by atoms with Crippen LogP contribution in [0.5, 0.6) is 0 Å². The first kappa shape index (κ1) is 11.2. The molecule has 1 fully saturated rings. The van der Waals surface area contributed by atoms with Crippen molar-refractivity contribution in [3.63, 3.8) is 0 Å². The Bertz CT molecular complexity index is 614. The Balaban J connectivity index is 2.08. The van der Waals surface area contributed by atoms with Crippen molar-refractivity contribution in [1.82, 2.24) is 14.9 Å². The van der Waals surface area contributed by atoms with Crippen LogP contribution in [0.25, 0.3) is 11.0 Å². The molecule has 1 N–H and O–H groups in total. The lowest BCUT2D eigenvalue weighted by atomic mass is 9.97. The van der Waals surface area contributed by atoms with Gasteiger partial charge in [0.1, 0.15) is 5.82 Å². The van der Waals surface area contributed by atoms with E-state index in [9.17, 15) is 0 Å². The minimum atomic E-state index is 0.536. The summed E-state index contributed by atoms with van der Waals surface area (Å²) < 4.78 is 2.14. The average Bonchev–Trinajstić information content (AvgIpc) is 2.77. The monoisotopic (exact) mass is 240 g/mol. The molecule has 1 aliphatic rings. The standard InChI is InChI=1S/C14H16N4/c1-18-13-8-10(9-15)2-3-12(13)17-14(18)11-4-6-16-7-5-11/h2-3,8,11,16H,4-7H2,1H3. The molecule has 4 heteroatoms. The average molecular weight is 240 g/mol. The molecule has 2 heterocycles. The van der Waals surface area contributed by atoms with Crippen molar-refractivity contribution in [1.29, 1.82) is 5.26 Å². The van der Waals surface area contributed by atoms with Gasteiger partial charge in [0.05, 0.1) is 22.7 Å². The number of aromatic nitrogens is 2. The van der Waals surface area contributed by atoms with Gasteiger partial charge in [-0.05, 0) is 44.1 Å². The Morgan fingerprint density at radius 3 is 2.89 bits per heavy atom. The van der Waals surface area contributed by atoms with Crippen molar-refractivity contribution < 1.29 is 0 Å². The van der Waals surface area contributed by atoms with Gasteiger partial charge in [-0.2, -0.15) is 5.26 Å². The second kappa shape index (κ2) is 4.43. The Hall–Kier alpha value is -1.86. The summed E-state index contributed by atoms with van der Waals surface area (Å²) in [7, 11) is 2.05. The minimum absolute atomic E-state index is 0.536. The molecule has 0 bridgehead atoms.